The lowest BCUT2D eigenvalue weighted by Crippen LogP contribution is -1.93. The van der Waals surface area contributed by atoms with Gasteiger partial charge in [0, 0.05) is 0 Å². The van der Waals surface area contributed by atoms with Crippen molar-refractivity contribution in [1.82, 2.24) is 0 Å². The summed E-state index contributed by atoms with van der Waals surface area (Å²) in [5.74, 6) is 0. The molecule has 0 saturated carbocycles. The molecule has 2 aliphatic rings. The van der Waals surface area contributed by atoms with Gasteiger partial charge in [0.25, 0.3) is 0 Å². The van der Waals surface area contributed by atoms with Gasteiger partial charge in [-0.1, -0.05) is 181 Å². The molecule has 0 fully saturated rings. The van der Waals surface area contributed by atoms with E-state index < -0.39 is 0 Å². The first kappa shape index (κ1) is 28.9. The van der Waals surface area contributed by atoms with Crippen molar-refractivity contribution in [3.05, 3.63) is 181 Å². The summed E-state index contributed by atoms with van der Waals surface area (Å²) in [6, 6.07) is 66.0. The molecular formula is C53H32. The number of aryl methyl sites for hydroxylation is 1. The number of rotatable bonds is 3. The van der Waals surface area contributed by atoms with Gasteiger partial charge in [-0.25, -0.2) is 0 Å². The lowest BCUT2D eigenvalue weighted by molar-refractivity contribution is 1.51. The highest BCUT2D eigenvalue weighted by atomic mass is 14.3. The standard InChI is InChI=1S/C53H32/c1-31-20-25-48-49(30-31)50(33-23-21-32(22-24-33)34-26-27-45-37-12-4-2-10-35(37)40-17-8-16-39(34)51(40)45)42-14-6-7-15-43(42)53(48)47-29-28-46-38-13-5-3-11-36(38)41-18-9-19-44(47)52(41)46/h2-30H,1H3. The molecule has 0 atom stereocenters. The Balaban J connectivity index is 1.07. The van der Waals surface area contributed by atoms with E-state index in [2.05, 4.69) is 183 Å². The summed E-state index contributed by atoms with van der Waals surface area (Å²) in [6.45, 7) is 2.21. The second-order valence-electron chi connectivity index (χ2n) is 14.8. The molecular weight excluding hydrogens is 637 g/mol. The lowest BCUT2D eigenvalue weighted by atomic mass is 9.83. The Morgan fingerprint density at radius 2 is 0.660 bits per heavy atom. The van der Waals surface area contributed by atoms with E-state index in [-0.39, 0.29) is 0 Å². The van der Waals surface area contributed by atoms with Crippen LogP contribution in [0, 0.1) is 6.92 Å². The summed E-state index contributed by atoms with van der Waals surface area (Å²) >= 11 is 0. The van der Waals surface area contributed by atoms with Crippen LogP contribution in [0.1, 0.15) is 5.56 Å². The second kappa shape index (κ2) is 10.6. The van der Waals surface area contributed by atoms with Gasteiger partial charge in [-0.05, 0) is 128 Å². The first-order chi connectivity index (χ1) is 26.2. The van der Waals surface area contributed by atoms with Crippen molar-refractivity contribution in [1.29, 1.82) is 0 Å². The minimum absolute atomic E-state index is 1.24. The molecule has 0 spiro atoms. The van der Waals surface area contributed by atoms with E-state index in [9.17, 15) is 0 Å². The largest absolute Gasteiger partial charge is 0.0616 e. The van der Waals surface area contributed by atoms with E-state index >= 15 is 0 Å². The molecule has 10 aromatic carbocycles. The van der Waals surface area contributed by atoms with E-state index in [1.165, 1.54) is 127 Å². The molecule has 0 aliphatic heterocycles. The molecule has 0 unspecified atom stereocenters. The van der Waals surface area contributed by atoms with Gasteiger partial charge in [0.15, 0.2) is 0 Å². The predicted octanol–water partition coefficient (Wildman–Crippen LogP) is 14.9. The highest BCUT2D eigenvalue weighted by molar-refractivity contribution is 6.26. The van der Waals surface area contributed by atoms with E-state index in [1.807, 2.05) is 0 Å². The molecule has 2 aliphatic carbocycles. The van der Waals surface area contributed by atoms with E-state index in [4.69, 9.17) is 0 Å². The second-order valence-corrected chi connectivity index (χ2v) is 14.8. The van der Waals surface area contributed by atoms with Crippen LogP contribution in [0.25, 0.3) is 121 Å². The van der Waals surface area contributed by atoms with Gasteiger partial charge in [0.05, 0.1) is 0 Å². The van der Waals surface area contributed by atoms with Crippen LogP contribution in [0.3, 0.4) is 0 Å². The topological polar surface area (TPSA) is 0 Å². The van der Waals surface area contributed by atoms with Crippen LogP contribution in [-0.4, -0.2) is 0 Å². The van der Waals surface area contributed by atoms with Crippen LogP contribution < -0.4 is 0 Å². The van der Waals surface area contributed by atoms with Crippen molar-refractivity contribution in [3.63, 3.8) is 0 Å². The third-order valence-corrected chi connectivity index (χ3v) is 12.0. The summed E-state index contributed by atoms with van der Waals surface area (Å²) < 4.78 is 0. The van der Waals surface area contributed by atoms with Crippen LogP contribution in [0.4, 0.5) is 0 Å². The van der Waals surface area contributed by atoms with Crippen LogP contribution >= 0.6 is 0 Å². The molecule has 0 N–H and O–H groups in total. The smallest absolute Gasteiger partial charge is 0.00201 e. The Bertz CT molecular complexity index is 3150. The van der Waals surface area contributed by atoms with Gasteiger partial charge in [0.2, 0.25) is 0 Å². The first-order valence-electron chi connectivity index (χ1n) is 18.6. The third-order valence-electron chi connectivity index (χ3n) is 12.0. The van der Waals surface area contributed by atoms with Gasteiger partial charge in [0.1, 0.15) is 0 Å². The molecule has 53 heavy (non-hydrogen) atoms. The Kier molecular flexibility index (Phi) is 5.80. The van der Waals surface area contributed by atoms with Gasteiger partial charge >= 0.3 is 0 Å². The number of hydrogen-bond donors (Lipinski definition) is 0. The van der Waals surface area contributed by atoms with E-state index in [1.54, 1.807) is 0 Å². The first-order valence-corrected chi connectivity index (χ1v) is 18.6. The number of fused-ring (bicyclic) bond motifs is 8. The van der Waals surface area contributed by atoms with E-state index in [0.717, 1.165) is 0 Å². The molecule has 0 bridgehead atoms. The summed E-state index contributed by atoms with van der Waals surface area (Å²) in [6.07, 6.45) is 0. The van der Waals surface area contributed by atoms with Crippen LogP contribution in [-0.2, 0) is 0 Å². The van der Waals surface area contributed by atoms with Crippen LogP contribution in [0.5, 0.6) is 0 Å². The third kappa shape index (κ3) is 3.90. The monoisotopic (exact) mass is 668 g/mol. The van der Waals surface area contributed by atoms with Crippen molar-refractivity contribution >= 4 is 43.1 Å². The average Bonchev–Trinajstić information content (AvgIpc) is 3.72. The minimum Gasteiger partial charge on any atom is -0.0616 e. The molecule has 244 valence electrons. The summed E-state index contributed by atoms with van der Waals surface area (Å²) in [5, 5.41) is 10.5. The Hall–Kier alpha value is -6.76. The van der Waals surface area contributed by atoms with Crippen molar-refractivity contribution in [2.24, 2.45) is 0 Å². The fourth-order valence-corrected chi connectivity index (χ4v) is 9.80. The SMILES string of the molecule is Cc1ccc2c(-c3ccc4c5c(cccc35)-c3ccccc3-4)c3ccccc3c(-c3ccc(-c4ccc5c6c(cccc46)-c4ccccc4-5)cc3)c2c1. The van der Waals surface area contributed by atoms with Crippen molar-refractivity contribution < 1.29 is 0 Å². The molecule has 0 saturated heterocycles. The Morgan fingerprint density at radius 3 is 1.26 bits per heavy atom. The van der Waals surface area contributed by atoms with Crippen LogP contribution in [0.2, 0.25) is 0 Å². The summed E-state index contributed by atoms with van der Waals surface area (Å²) in [5.41, 5.74) is 19.6. The summed E-state index contributed by atoms with van der Waals surface area (Å²) in [4.78, 5) is 0. The molecule has 0 heteroatoms. The molecule has 0 heterocycles. The molecule has 10 aromatic rings. The maximum Gasteiger partial charge on any atom is -0.00201 e. The zero-order valence-electron chi connectivity index (χ0n) is 29.2. The highest BCUT2D eigenvalue weighted by Crippen LogP contribution is 2.53. The fraction of sp³-hybridized carbons (Fsp3) is 0.0189. The minimum atomic E-state index is 1.24. The van der Waals surface area contributed by atoms with Crippen molar-refractivity contribution in [2.75, 3.05) is 0 Å². The quantitative estimate of drug-likeness (QED) is 0.164. The lowest BCUT2D eigenvalue weighted by Gasteiger charge is -2.20. The predicted molar refractivity (Wildman–Crippen MR) is 226 cm³/mol. The molecule has 0 nitrogen and oxygen atoms in total. The number of benzene rings is 10. The zero-order chi connectivity index (χ0) is 34.8. The molecule has 0 amide bonds. The van der Waals surface area contributed by atoms with Crippen LogP contribution in [0.15, 0.2) is 176 Å². The van der Waals surface area contributed by atoms with E-state index in [0.29, 0.717) is 0 Å². The average molecular weight is 669 g/mol. The Morgan fingerprint density at radius 1 is 0.245 bits per heavy atom. The zero-order valence-corrected chi connectivity index (χ0v) is 29.2. The normalized spacial score (nSPS) is 12.2. The van der Waals surface area contributed by atoms with Crippen molar-refractivity contribution in [2.45, 2.75) is 6.92 Å². The van der Waals surface area contributed by atoms with Crippen molar-refractivity contribution in [3.8, 4) is 77.9 Å². The maximum absolute atomic E-state index is 2.39. The summed E-state index contributed by atoms with van der Waals surface area (Å²) in [7, 11) is 0. The fourth-order valence-electron chi connectivity index (χ4n) is 9.80. The van der Waals surface area contributed by atoms with Gasteiger partial charge in [-0.2, -0.15) is 0 Å². The maximum atomic E-state index is 2.39. The van der Waals surface area contributed by atoms with Gasteiger partial charge in [-0.3, -0.25) is 0 Å². The van der Waals surface area contributed by atoms with Gasteiger partial charge < -0.3 is 0 Å². The van der Waals surface area contributed by atoms with Gasteiger partial charge in [-0.15, -0.1) is 0 Å². The Labute approximate surface area is 308 Å². The number of hydrogen-bond acceptors (Lipinski definition) is 0. The molecule has 12 rings (SSSR count). The molecule has 0 radical (unpaired) electrons. The highest BCUT2D eigenvalue weighted by Gasteiger charge is 2.25. The molecule has 0 aromatic heterocycles.